The Morgan fingerprint density at radius 1 is 0.408 bits per heavy atom. The summed E-state index contributed by atoms with van der Waals surface area (Å²) in [5.41, 5.74) is 0. The van der Waals surface area contributed by atoms with Crippen LogP contribution < -0.4 is 0 Å². The van der Waals surface area contributed by atoms with Crippen LogP contribution in [0.3, 0.4) is 0 Å². The molecule has 0 aliphatic rings. The number of ether oxygens (including phenoxy) is 2. The molecule has 1 atom stereocenters. The molecule has 0 rings (SSSR count). The van der Waals surface area contributed by atoms with Crippen LogP contribution in [0, 0.1) is 5.92 Å². The molecule has 5 heteroatoms. The van der Waals surface area contributed by atoms with E-state index in [1.54, 1.807) is 0 Å². The van der Waals surface area contributed by atoms with Gasteiger partial charge in [0, 0.05) is 12.8 Å². The van der Waals surface area contributed by atoms with Gasteiger partial charge in [0.2, 0.25) is 0 Å². The summed E-state index contributed by atoms with van der Waals surface area (Å²) in [6.45, 7) is 6.70. The van der Waals surface area contributed by atoms with E-state index in [4.69, 9.17) is 9.47 Å². The third-order valence-corrected chi connectivity index (χ3v) is 10.0. The van der Waals surface area contributed by atoms with Gasteiger partial charge < -0.3 is 14.6 Å². The number of aliphatic hydroxyl groups excluding tert-OH is 1. The summed E-state index contributed by atoms with van der Waals surface area (Å²) >= 11 is 0. The Balaban J connectivity index is 3.36. The smallest absolute Gasteiger partial charge is 0.305 e. The molecule has 49 heavy (non-hydrogen) atoms. The Morgan fingerprint density at radius 3 is 0.918 bits per heavy atom. The van der Waals surface area contributed by atoms with E-state index >= 15 is 0 Å². The molecular formula is C44H86O5. The first-order valence-electron chi connectivity index (χ1n) is 21.9. The fourth-order valence-corrected chi connectivity index (χ4v) is 6.68. The van der Waals surface area contributed by atoms with Crippen LogP contribution in [0.15, 0.2) is 0 Å². The minimum atomic E-state index is -0.956. The summed E-state index contributed by atoms with van der Waals surface area (Å²) in [7, 11) is 0. The van der Waals surface area contributed by atoms with Crippen molar-refractivity contribution in [2.24, 2.45) is 5.92 Å². The molecule has 0 unspecified atom stereocenters. The number of carbonyl (C=O) groups is 2. The molecule has 0 fully saturated rings. The zero-order valence-electron chi connectivity index (χ0n) is 33.4. The first-order chi connectivity index (χ1) is 24.0. The van der Waals surface area contributed by atoms with Crippen molar-refractivity contribution in [3.8, 4) is 0 Å². The average molecular weight is 695 g/mol. The summed E-state index contributed by atoms with van der Waals surface area (Å²) in [6, 6.07) is 0. The molecule has 0 aromatic rings. The first-order valence-corrected chi connectivity index (χ1v) is 21.9. The normalized spacial score (nSPS) is 12.1. The number of aliphatic hydroxyl groups is 1. The van der Waals surface area contributed by atoms with Crippen molar-refractivity contribution in [2.45, 2.75) is 252 Å². The Morgan fingerprint density at radius 2 is 0.653 bits per heavy atom. The van der Waals surface area contributed by atoms with Crippen LogP contribution in [-0.2, 0) is 19.1 Å². The summed E-state index contributed by atoms with van der Waals surface area (Å²) < 4.78 is 10.4. The zero-order chi connectivity index (χ0) is 35.9. The number of carbonyl (C=O) groups excluding carboxylic acids is 2. The largest absolute Gasteiger partial charge is 0.463 e. The second-order valence-corrected chi connectivity index (χ2v) is 15.7. The average Bonchev–Trinajstić information content (AvgIpc) is 3.08. The fourth-order valence-electron chi connectivity index (χ4n) is 6.68. The molecule has 0 aliphatic carbocycles. The van der Waals surface area contributed by atoms with Gasteiger partial charge in [0.25, 0.3) is 0 Å². The molecule has 0 aromatic heterocycles. The molecule has 0 amide bonds. The lowest BCUT2D eigenvalue weighted by atomic mass is 10.0. The highest BCUT2D eigenvalue weighted by Gasteiger charge is 2.12. The minimum absolute atomic E-state index is 0.108. The van der Waals surface area contributed by atoms with Crippen molar-refractivity contribution >= 4 is 11.9 Å². The van der Waals surface area contributed by atoms with Gasteiger partial charge in [-0.3, -0.25) is 9.59 Å². The molecule has 5 nitrogen and oxygen atoms in total. The molecule has 0 saturated heterocycles. The molecule has 0 radical (unpaired) electrons. The maximum atomic E-state index is 12.0. The molecule has 0 heterocycles. The molecule has 0 saturated carbocycles. The van der Waals surface area contributed by atoms with Crippen LogP contribution in [0.1, 0.15) is 245 Å². The van der Waals surface area contributed by atoms with Gasteiger partial charge in [-0.2, -0.15) is 0 Å². The first kappa shape index (κ1) is 47.9. The third-order valence-electron chi connectivity index (χ3n) is 10.0. The maximum absolute atomic E-state index is 12.0. The van der Waals surface area contributed by atoms with Crippen LogP contribution in [-0.4, -0.2) is 36.4 Å². The second-order valence-electron chi connectivity index (χ2n) is 15.7. The lowest BCUT2D eigenvalue weighted by molar-refractivity contribution is -0.152. The molecule has 0 aliphatic heterocycles. The Kier molecular flexibility index (Phi) is 38.8. The van der Waals surface area contributed by atoms with E-state index in [1.807, 2.05) is 0 Å². The number of rotatable bonds is 40. The molecule has 0 aromatic carbocycles. The van der Waals surface area contributed by atoms with Gasteiger partial charge in [0.1, 0.15) is 19.3 Å². The predicted octanol–water partition coefficient (Wildman–Crippen LogP) is 13.8. The monoisotopic (exact) mass is 695 g/mol. The van der Waals surface area contributed by atoms with E-state index in [9.17, 15) is 14.7 Å². The van der Waals surface area contributed by atoms with E-state index < -0.39 is 6.10 Å². The minimum Gasteiger partial charge on any atom is -0.463 e. The number of hydrogen-bond donors (Lipinski definition) is 1. The highest BCUT2D eigenvalue weighted by atomic mass is 16.6. The third kappa shape index (κ3) is 41.2. The fraction of sp³-hybridized carbons (Fsp3) is 0.955. The number of esters is 2. The van der Waals surface area contributed by atoms with Crippen LogP contribution in [0.5, 0.6) is 0 Å². The van der Waals surface area contributed by atoms with Crippen molar-refractivity contribution in [2.75, 3.05) is 13.2 Å². The molecular weight excluding hydrogens is 608 g/mol. The lowest BCUT2D eigenvalue weighted by Gasteiger charge is -2.12. The van der Waals surface area contributed by atoms with Gasteiger partial charge in [-0.25, -0.2) is 0 Å². The van der Waals surface area contributed by atoms with Gasteiger partial charge in [-0.1, -0.05) is 220 Å². The zero-order valence-corrected chi connectivity index (χ0v) is 33.4. The maximum Gasteiger partial charge on any atom is 0.305 e. The second kappa shape index (κ2) is 39.7. The van der Waals surface area contributed by atoms with Gasteiger partial charge in [-0.15, -0.1) is 0 Å². The summed E-state index contributed by atoms with van der Waals surface area (Å²) in [6.07, 6.45) is 43.1. The molecule has 0 bridgehead atoms. The topological polar surface area (TPSA) is 72.8 Å². The van der Waals surface area contributed by atoms with E-state index in [2.05, 4.69) is 20.8 Å². The van der Waals surface area contributed by atoms with Crippen molar-refractivity contribution in [1.29, 1.82) is 0 Å². The van der Waals surface area contributed by atoms with Crippen LogP contribution >= 0.6 is 0 Å². The Bertz CT molecular complexity index is 678. The van der Waals surface area contributed by atoms with E-state index in [0.29, 0.717) is 12.8 Å². The van der Waals surface area contributed by atoms with Crippen molar-refractivity contribution in [1.82, 2.24) is 0 Å². The predicted molar refractivity (Wildman–Crippen MR) is 210 cm³/mol. The lowest BCUT2D eigenvalue weighted by Crippen LogP contribution is -2.25. The van der Waals surface area contributed by atoms with Gasteiger partial charge >= 0.3 is 11.9 Å². The van der Waals surface area contributed by atoms with Crippen LogP contribution in [0.4, 0.5) is 0 Å². The van der Waals surface area contributed by atoms with Crippen LogP contribution in [0.2, 0.25) is 0 Å². The van der Waals surface area contributed by atoms with Crippen molar-refractivity contribution in [3.05, 3.63) is 0 Å². The standard InChI is InChI=1S/C44H86O5/c1-4-5-6-7-8-9-10-11-12-13-14-15-19-22-25-28-31-34-37-43(46)48-39-42(45)40-49-44(47)38-35-32-29-26-23-20-17-16-18-21-24-27-30-33-36-41(2)3/h41-42,45H,4-40H2,1-3H3/t42-/m0/s1. The highest BCUT2D eigenvalue weighted by Crippen LogP contribution is 2.16. The Hall–Kier alpha value is -1.10. The van der Waals surface area contributed by atoms with Gasteiger partial charge in [0.15, 0.2) is 0 Å². The summed E-state index contributed by atoms with van der Waals surface area (Å²) in [5, 5.41) is 10.0. The summed E-state index contributed by atoms with van der Waals surface area (Å²) in [4.78, 5) is 24.0. The molecule has 1 N–H and O–H groups in total. The number of hydrogen-bond acceptors (Lipinski definition) is 5. The summed E-state index contributed by atoms with van der Waals surface area (Å²) in [5.74, 6) is 0.305. The van der Waals surface area contributed by atoms with Crippen LogP contribution in [0.25, 0.3) is 0 Å². The Labute approximate surface area is 306 Å². The van der Waals surface area contributed by atoms with E-state index in [1.165, 1.54) is 186 Å². The van der Waals surface area contributed by atoms with Crippen molar-refractivity contribution in [3.63, 3.8) is 0 Å². The van der Waals surface area contributed by atoms with Gasteiger partial charge in [0.05, 0.1) is 0 Å². The van der Waals surface area contributed by atoms with E-state index in [0.717, 1.165) is 31.6 Å². The van der Waals surface area contributed by atoms with E-state index in [-0.39, 0.29) is 25.2 Å². The SMILES string of the molecule is CCCCCCCCCCCCCCCCCCCCC(=O)OC[C@H](O)COC(=O)CCCCCCCCCCCCCCCCC(C)C. The molecule has 0 spiro atoms. The van der Waals surface area contributed by atoms with Crippen molar-refractivity contribution < 1.29 is 24.2 Å². The van der Waals surface area contributed by atoms with Gasteiger partial charge in [-0.05, 0) is 18.8 Å². The number of unbranched alkanes of at least 4 members (excludes halogenated alkanes) is 30. The molecule has 292 valence electrons. The quantitative estimate of drug-likeness (QED) is 0.0510. The highest BCUT2D eigenvalue weighted by molar-refractivity contribution is 5.69.